The zero-order chi connectivity index (χ0) is 15.4. The van der Waals surface area contributed by atoms with Crippen molar-refractivity contribution in [3.8, 4) is 5.75 Å². The lowest BCUT2D eigenvalue weighted by Crippen LogP contribution is -2.13. The number of anilines is 1. The van der Waals surface area contributed by atoms with Crippen molar-refractivity contribution < 1.29 is 14.2 Å². The molecule has 1 amide bonds. The molecule has 1 aromatic heterocycles. The highest BCUT2D eigenvalue weighted by Crippen LogP contribution is 2.34. The summed E-state index contributed by atoms with van der Waals surface area (Å²) in [6.45, 7) is 4.13. The Morgan fingerprint density at radius 3 is 2.52 bits per heavy atom. The van der Waals surface area contributed by atoms with Gasteiger partial charge < -0.3 is 10.1 Å². The second-order valence-corrected chi connectivity index (χ2v) is 5.08. The van der Waals surface area contributed by atoms with E-state index < -0.39 is 5.91 Å². The Hall–Kier alpha value is -1.79. The van der Waals surface area contributed by atoms with E-state index >= 15 is 0 Å². The van der Waals surface area contributed by atoms with Gasteiger partial charge in [0.05, 0.1) is 16.7 Å². The second kappa shape index (κ2) is 6.78. The van der Waals surface area contributed by atoms with Gasteiger partial charge in [0.15, 0.2) is 5.75 Å². The van der Waals surface area contributed by atoms with E-state index in [1.807, 2.05) is 6.92 Å². The molecule has 1 heterocycles. The standard InChI is InChI=1S/C13H13Cl2N3O3/c1-3-4-20-11-9(14)5-8(6-10(11)15)13(19)16-12-7(2)17-21-18-12/h5-6H,3-4H2,1-2H3,(H,16,18,19). The number of halogens is 2. The topological polar surface area (TPSA) is 77.2 Å². The van der Waals surface area contributed by atoms with Crippen molar-refractivity contribution in [1.82, 2.24) is 10.3 Å². The fraction of sp³-hybridized carbons (Fsp3) is 0.308. The SMILES string of the molecule is CCCOc1c(Cl)cc(C(=O)Nc2nonc2C)cc1Cl. The van der Waals surface area contributed by atoms with E-state index in [1.165, 1.54) is 12.1 Å². The maximum atomic E-state index is 12.1. The van der Waals surface area contributed by atoms with Crippen molar-refractivity contribution in [3.63, 3.8) is 0 Å². The van der Waals surface area contributed by atoms with E-state index in [0.29, 0.717) is 18.1 Å². The number of aryl methyl sites for hydroxylation is 1. The summed E-state index contributed by atoms with van der Waals surface area (Å²) >= 11 is 12.2. The lowest BCUT2D eigenvalue weighted by atomic mass is 10.2. The third-order valence-corrected chi connectivity index (χ3v) is 3.16. The summed E-state index contributed by atoms with van der Waals surface area (Å²) in [5, 5.41) is 10.3. The number of rotatable bonds is 5. The van der Waals surface area contributed by atoms with Crippen molar-refractivity contribution in [1.29, 1.82) is 0 Å². The number of ether oxygens (including phenoxy) is 1. The first-order valence-corrected chi connectivity index (χ1v) is 7.00. The largest absolute Gasteiger partial charge is 0.490 e. The van der Waals surface area contributed by atoms with Gasteiger partial charge in [-0.25, -0.2) is 4.63 Å². The number of aromatic nitrogens is 2. The van der Waals surface area contributed by atoms with Gasteiger partial charge in [0.1, 0.15) is 5.69 Å². The van der Waals surface area contributed by atoms with Crippen LogP contribution in [-0.2, 0) is 0 Å². The van der Waals surface area contributed by atoms with Crippen LogP contribution in [-0.4, -0.2) is 22.8 Å². The molecule has 0 bridgehead atoms. The molecule has 2 aromatic rings. The third kappa shape index (κ3) is 3.65. The van der Waals surface area contributed by atoms with Crippen LogP contribution < -0.4 is 10.1 Å². The quantitative estimate of drug-likeness (QED) is 0.904. The van der Waals surface area contributed by atoms with Crippen molar-refractivity contribution in [3.05, 3.63) is 33.4 Å². The number of benzene rings is 1. The highest BCUT2D eigenvalue weighted by molar-refractivity contribution is 6.37. The maximum Gasteiger partial charge on any atom is 0.257 e. The summed E-state index contributed by atoms with van der Waals surface area (Å²) in [4.78, 5) is 12.1. The number of hydrogen-bond donors (Lipinski definition) is 1. The first kappa shape index (κ1) is 15.6. The van der Waals surface area contributed by atoms with Crippen LogP contribution in [0, 0.1) is 6.92 Å². The van der Waals surface area contributed by atoms with E-state index in [2.05, 4.69) is 20.3 Å². The van der Waals surface area contributed by atoms with E-state index in [0.717, 1.165) is 6.42 Å². The van der Waals surface area contributed by atoms with Crippen LogP contribution in [0.4, 0.5) is 5.82 Å². The Labute approximate surface area is 131 Å². The Bertz CT molecular complexity index is 635. The minimum absolute atomic E-state index is 0.249. The zero-order valence-electron chi connectivity index (χ0n) is 11.4. The van der Waals surface area contributed by atoms with Crippen LogP contribution >= 0.6 is 23.2 Å². The molecule has 0 aliphatic heterocycles. The van der Waals surface area contributed by atoms with E-state index in [1.54, 1.807) is 6.92 Å². The minimum atomic E-state index is -0.417. The predicted molar refractivity (Wildman–Crippen MR) is 79.2 cm³/mol. The van der Waals surface area contributed by atoms with Crippen molar-refractivity contribution in [2.75, 3.05) is 11.9 Å². The third-order valence-electron chi connectivity index (χ3n) is 2.60. The van der Waals surface area contributed by atoms with Crippen molar-refractivity contribution in [2.45, 2.75) is 20.3 Å². The Kier molecular flexibility index (Phi) is 5.03. The van der Waals surface area contributed by atoms with Crippen LogP contribution in [0.15, 0.2) is 16.8 Å². The lowest BCUT2D eigenvalue weighted by Gasteiger charge is -2.10. The summed E-state index contributed by atoms with van der Waals surface area (Å²) in [5.74, 6) is 0.203. The second-order valence-electron chi connectivity index (χ2n) is 4.27. The number of carbonyl (C=O) groups is 1. The van der Waals surface area contributed by atoms with Gasteiger partial charge in [-0.15, -0.1) is 0 Å². The lowest BCUT2D eigenvalue weighted by molar-refractivity contribution is 0.102. The first-order valence-electron chi connectivity index (χ1n) is 6.25. The number of nitrogens with one attached hydrogen (secondary N) is 1. The van der Waals surface area contributed by atoms with Crippen LogP contribution in [0.5, 0.6) is 5.75 Å². The Morgan fingerprint density at radius 2 is 2.00 bits per heavy atom. The Balaban J connectivity index is 2.20. The van der Waals surface area contributed by atoms with Gasteiger partial charge in [0.2, 0.25) is 5.82 Å². The Morgan fingerprint density at radius 1 is 1.33 bits per heavy atom. The summed E-state index contributed by atoms with van der Waals surface area (Å²) in [6.07, 6.45) is 0.827. The van der Waals surface area contributed by atoms with Gasteiger partial charge in [-0.05, 0) is 30.6 Å². The highest BCUT2D eigenvalue weighted by Gasteiger charge is 2.16. The molecule has 0 saturated heterocycles. The number of amides is 1. The van der Waals surface area contributed by atoms with Crippen molar-refractivity contribution >= 4 is 34.9 Å². The molecule has 112 valence electrons. The molecule has 0 atom stereocenters. The normalized spacial score (nSPS) is 10.5. The number of hydrogen-bond acceptors (Lipinski definition) is 5. The maximum absolute atomic E-state index is 12.1. The van der Waals surface area contributed by atoms with Crippen LogP contribution in [0.3, 0.4) is 0 Å². The molecule has 6 nitrogen and oxygen atoms in total. The predicted octanol–water partition coefficient (Wildman–Crippen LogP) is 3.73. The van der Waals surface area contributed by atoms with E-state index in [-0.39, 0.29) is 21.4 Å². The molecule has 1 N–H and O–H groups in total. The van der Waals surface area contributed by atoms with Crippen LogP contribution in [0.25, 0.3) is 0 Å². The summed E-state index contributed by atoms with van der Waals surface area (Å²) in [5.41, 5.74) is 0.764. The molecule has 0 unspecified atom stereocenters. The molecule has 21 heavy (non-hydrogen) atoms. The van der Waals surface area contributed by atoms with Gasteiger partial charge in [0, 0.05) is 5.56 Å². The van der Waals surface area contributed by atoms with Crippen LogP contribution in [0.2, 0.25) is 10.0 Å². The van der Waals surface area contributed by atoms with E-state index in [9.17, 15) is 4.79 Å². The molecule has 0 aliphatic rings. The fourth-order valence-electron chi connectivity index (χ4n) is 1.56. The fourth-order valence-corrected chi connectivity index (χ4v) is 2.15. The smallest absolute Gasteiger partial charge is 0.257 e. The van der Waals surface area contributed by atoms with Gasteiger partial charge >= 0.3 is 0 Å². The summed E-state index contributed by atoms with van der Waals surface area (Å²) in [6, 6.07) is 2.97. The molecular weight excluding hydrogens is 317 g/mol. The van der Waals surface area contributed by atoms with Gasteiger partial charge in [0.25, 0.3) is 5.91 Å². The molecule has 1 aromatic carbocycles. The van der Waals surface area contributed by atoms with Gasteiger partial charge in [-0.1, -0.05) is 35.3 Å². The molecule has 8 heteroatoms. The molecule has 0 spiro atoms. The molecule has 2 rings (SSSR count). The molecule has 0 radical (unpaired) electrons. The molecule has 0 aliphatic carbocycles. The van der Waals surface area contributed by atoms with Crippen molar-refractivity contribution in [2.24, 2.45) is 0 Å². The zero-order valence-corrected chi connectivity index (χ0v) is 13.0. The number of nitrogens with zero attached hydrogens (tertiary/aromatic N) is 2. The monoisotopic (exact) mass is 329 g/mol. The van der Waals surface area contributed by atoms with Gasteiger partial charge in [-0.3, -0.25) is 4.79 Å². The molecule has 0 fully saturated rings. The summed E-state index contributed by atoms with van der Waals surface area (Å²) < 4.78 is 9.95. The molecule has 0 saturated carbocycles. The number of carbonyl (C=O) groups excluding carboxylic acids is 1. The first-order chi connectivity index (χ1) is 10.0. The molecular formula is C13H13Cl2N3O3. The van der Waals surface area contributed by atoms with Gasteiger partial charge in [-0.2, -0.15) is 0 Å². The van der Waals surface area contributed by atoms with E-state index in [4.69, 9.17) is 27.9 Å². The van der Waals surface area contributed by atoms with Crippen LogP contribution in [0.1, 0.15) is 29.4 Å². The highest BCUT2D eigenvalue weighted by atomic mass is 35.5. The average Bonchev–Trinajstić information content (AvgIpc) is 2.83. The summed E-state index contributed by atoms with van der Waals surface area (Å²) in [7, 11) is 0. The minimum Gasteiger partial charge on any atom is -0.490 e. The average molecular weight is 330 g/mol.